The van der Waals surface area contributed by atoms with Gasteiger partial charge in [0.2, 0.25) is 0 Å². The third kappa shape index (κ3) is 7.31. The molecule has 4 aromatic carbocycles. The lowest BCUT2D eigenvalue weighted by Crippen LogP contribution is -2.36. The first kappa shape index (κ1) is 32.6. The molecule has 8 nitrogen and oxygen atoms in total. The number of hydrogen-bond acceptors (Lipinski definition) is 6. The zero-order valence-electron chi connectivity index (χ0n) is 27.4. The lowest BCUT2D eigenvalue weighted by atomic mass is 9.89. The Hall–Kier alpha value is -4.34. The van der Waals surface area contributed by atoms with E-state index in [0.717, 1.165) is 56.9 Å². The quantitative estimate of drug-likeness (QED) is 0.195. The monoisotopic (exact) mass is 651 g/mol. The molecular formula is C38H45N5O3S. The Morgan fingerprint density at radius 3 is 1.98 bits per heavy atom. The van der Waals surface area contributed by atoms with Gasteiger partial charge in [-0.15, -0.1) is 0 Å². The Balaban J connectivity index is 1.41. The number of nitrogens with zero attached hydrogens (tertiary/aromatic N) is 4. The fraction of sp³-hybridized carbons (Fsp3) is 0.342. The highest BCUT2D eigenvalue weighted by atomic mass is 32.2. The first-order valence-electron chi connectivity index (χ1n) is 16.6. The second kappa shape index (κ2) is 14.6. The van der Waals surface area contributed by atoms with Crippen molar-refractivity contribution in [3.8, 4) is 0 Å². The van der Waals surface area contributed by atoms with Crippen molar-refractivity contribution in [3.63, 3.8) is 0 Å². The van der Waals surface area contributed by atoms with Gasteiger partial charge in [0, 0.05) is 46.0 Å². The van der Waals surface area contributed by atoms with Gasteiger partial charge in [0.1, 0.15) is 4.90 Å². The summed E-state index contributed by atoms with van der Waals surface area (Å²) in [5, 5.41) is 3.49. The minimum absolute atomic E-state index is 0.0954. The first-order valence-corrected chi connectivity index (χ1v) is 18.1. The Morgan fingerprint density at radius 2 is 1.36 bits per heavy atom. The Morgan fingerprint density at radius 1 is 0.787 bits per heavy atom. The molecule has 9 heteroatoms. The molecule has 246 valence electrons. The van der Waals surface area contributed by atoms with Crippen LogP contribution in [0.1, 0.15) is 47.5 Å². The largest absolute Gasteiger partial charge is 0.383 e. The zero-order chi connectivity index (χ0) is 32.8. The molecule has 47 heavy (non-hydrogen) atoms. The van der Waals surface area contributed by atoms with E-state index in [1.54, 1.807) is 37.2 Å². The number of benzene rings is 4. The SMILES string of the molecule is CN(C(=O)c1cc(S(=O)(=O)N(C)c2ccccc2)c(NCCN2CCCC2)cc1N1CCC(c2ccccc2)CC1)c1ccccc1. The van der Waals surface area contributed by atoms with Crippen molar-refractivity contribution < 1.29 is 13.2 Å². The van der Waals surface area contributed by atoms with Crippen molar-refractivity contribution in [2.45, 2.75) is 36.5 Å². The smallest absolute Gasteiger partial charge is 0.266 e. The highest BCUT2D eigenvalue weighted by molar-refractivity contribution is 7.93. The number of piperidine rings is 1. The fourth-order valence-electron chi connectivity index (χ4n) is 6.76. The second-order valence-corrected chi connectivity index (χ2v) is 14.5. The molecule has 0 aromatic heterocycles. The number of anilines is 4. The van der Waals surface area contributed by atoms with Crippen LogP contribution < -0.4 is 19.4 Å². The number of para-hydroxylation sites is 2. The summed E-state index contributed by atoms with van der Waals surface area (Å²) in [6.45, 7) is 5.07. The van der Waals surface area contributed by atoms with Gasteiger partial charge in [-0.25, -0.2) is 8.42 Å². The van der Waals surface area contributed by atoms with Gasteiger partial charge in [-0.1, -0.05) is 66.7 Å². The molecular weight excluding hydrogens is 607 g/mol. The van der Waals surface area contributed by atoms with Crippen LogP contribution in [0.3, 0.4) is 0 Å². The average molecular weight is 652 g/mol. The van der Waals surface area contributed by atoms with E-state index in [9.17, 15) is 13.2 Å². The molecule has 0 saturated carbocycles. The van der Waals surface area contributed by atoms with Gasteiger partial charge >= 0.3 is 0 Å². The van der Waals surface area contributed by atoms with Crippen LogP contribution in [-0.2, 0) is 10.0 Å². The molecule has 0 unspecified atom stereocenters. The predicted octanol–water partition coefficient (Wildman–Crippen LogP) is 6.68. The molecule has 0 radical (unpaired) electrons. The Labute approximate surface area is 279 Å². The molecule has 1 amide bonds. The minimum Gasteiger partial charge on any atom is -0.383 e. The third-order valence-corrected chi connectivity index (χ3v) is 11.4. The van der Waals surface area contributed by atoms with Crippen LogP contribution in [0.4, 0.5) is 22.7 Å². The van der Waals surface area contributed by atoms with Gasteiger partial charge in [0.15, 0.2) is 0 Å². The topological polar surface area (TPSA) is 76.2 Å². The van der Waals surface area contributed by atoms with Crippen molar-refractivity contribution in [3.05, 3.63) is 114 Å². The van der Waals surface area contributed by atoms with E-state index in [2.05, 4.69) is 39.4 Å². The number of rotatable bonds is 11. The van der Waals surface area contributed by atoms with Crippen molar-refractivity contribution in [2.24, 2.45) is 0 Å². The van der Waals surface area contributed by atoms with Crippen LogP contribution in [0.2, 0.25) is 0 Å². The number of carbonyl (C=O) groups excluding carboxylic acids is 1. The molecule has 6 rings (SSSR count). The Bertz CT molecular complexity index is 1740. The summed E-state index contributed by atoms with van der Waals surface area (Å²) in [5.74, 6) is 0.189. The van der Waals surface area contributed by atoms with Crippen LogP contribution >= 0.6 is 0 Å². The summed E-state index contributed by atoms with van der Waals surface area (Å²) in [6, 6.07) is 32.6. The van der Waals surface area contributed by atoms with Gasteiger partial charge in [-0.2, -0.15) is 0 Å². The number of carbonyl (C=O) groups is 1. The normalized spacial score (nSPS) is 15.8. The maximum atomic E-state index is 14.4. The fourth-order valence-corrected chi connectivity index (χ4v) is 8.13. The van der Waals surface area contributed by atoms with Crippen LogP contribution in [-0.4, -0.2) is 72.6 Å². The van der Waals surface area contributed by atoms with E-state index in [0.29, 0.717) is 29.4 Å². The van der Waals surface area contributed by atoms with Gasteiger partial charge in [0.25, 0.3) is 15.9 Å². The highest BCUT2D eigenvalue weighted by Gasteiger charge is 2.32. The van der Waals surface area contributed by atoms with Crippen LogP contribution in [0.5, 0.6) is 0 Å². The average Bonchev–Trinajstić information content (AvgIpc) is 3.65. The maximum Gasteiger partial charge on any atom is 0.266 e. The molecule has 0 bridgehead atoms. The Kier molecular flexibility index (Phi) is 10.1. The predicted molar refractivity (Wildman–Crippen MR) is 192 cm³/mol. The van der Waals surface area contributed by atoms with Crippen molar-refractivity contribution in [1.29, 1.82) is 0 Å². The number of likely N-dealkylation sites (tertiary alicyclic amines) is 1. The molecule has 0 atom stereocenters. The van der Waals surface area contributed by atoms with E-state index in [-0.39, 0.29) is 10.8 Å². The third-order valence-electron chi connectivity index (χ3n) is 9.58. The van der Waals surface area contributed by atoms with Gasteiger partial charge in [-0.3, -0.25) is 9.10 Å². The summed E-state index contributed by atoms with van der Waals surface area (Å²) in [6.07, 6.45) is 4.27. The van der Waals surface area contributed by atoms with Crippen molar-refractivity contribution in [2.75, 3.05) is 72.8 Å². The molecule has 2 saturated heterocycles. The zero-order valence-corrected chi connectivity index (χ0v) is 28.2. The van der Waals surface area contributed by atoms with E-state index < -0.39 is 10.0 Å². The summed E-state index contributed by atoms with van der Waals surface area (Å²) in [5.41, 5.74) is 4.28. The number of nitrogens with one attached hydrogen (secondary N) is 1. The summed E-state index contributed by atoms with van der Waals surface area (Å²) in [4.78, 5) is 20.7. The number of sulfonamides is 1. The highest BCUT2D eigenvalue weighted by Crippen LogP contribution is 2.38. The maximum absolute atomic E-state index is 14.4. The van der Waals surface area contributed by atoms with Crippen LogP contribution in [0.15, 0.2) is 108 Å². The summed E-state index contributed by atoms with van der Waals surface area (Å²) in [7, 11) is -0.729. The van der Waals surface area contributed by atoms with Crippen molar-refractivity contribution in [1.82, 2.24) is 4.90 Å². The van der Waals surface area contributed by atoms with E-state index in [1.807, 2.05) is 60.7 Å². The summed E-state index contributed by atoms with van der Waals surface area (Å²) < 4.78 is 30.1. The molecule has 0 aliphatic carbocycles. The minimum atomic E-state index is -4.04. The van der Waals surface area contributed by atoms with Gasteiger partial charge in [-0.05, 0) is 86.7 Å². The lowest BCUT2D eigenvalue weighted by Gasteiger charge is -2.36. The van der Waals surface area contributed by atoms with Gasteiger partial charge in [0.05, 0.1) is 22.6 Å². The standard InChI is InChI=1S/C38H45N5O3S/c1-40(32-16-8-4-9-17-32)38(44)34-28-37(47(45,46)41(2)33-18-10-5-11-19-33)35(39-22-27-42-23-12-13-24-42)29-36(34)43-25-20-31(21-26-43)30-14-6-3-7-15-30/h3-11,14-19,28-29,31,39H,12-13,20-27H2,1-2H3. The molecule has 2 heterocycles. The molecule has 2 fully saturated rings. The lowest BCUT2D eigenvalue weighted by molar-refractivity contribution is 0.0993. The van der Waals surface area contributed by atoms with Gasteiger partial charge < -0.3 is 20.0 Å². The van der Waals surface area contributed by atoms with Crippen molar-refractivity contribution >= 4 is 38.7 Å². The second-order valence-electron chi connectivity index (χ2n) is 12.5. The molecule has 2 aliphatic rings. The first-order chi connectivity index (χ1) is 22.8. The molecule has 1 N–H and O–H groups in total. The van der Waals surface area contributed by atoms with Crippen LogP contribution in [0, 0.1) is 0 Å². The van der Waals surface area contributed by atoms with E-state index in [1.165, 1.54) is 22.7 Å². The molecule has 0 spiro atoms. The van der Waals surface area contributed by atoms with E-state index >= 15 is 0 Å². The summed E-state index contributed by atoms with van der Waals surface area (Å²) >= 11 is 0. The molecule has 4 aromatic rings. The number of amides is 1. The molecule has 2 aliphatic heterocycles. The number of hydrogen-bond donors (Lipinski definition) is 1. The van der Waals surface area contributed by atoms with Crippen LogP contribution in [0.25, 0.3) is 0 Å². The van der Waals surface area contributed by atoms with E-state index in [4.69, 9.17) is 0 Å².